The number of nitrogens with one attached hydrogen (secondary N) is 1. The lowest BCUT2D eigenvalue weighted by molar-refractivity contribution is 0.577. The zero-order valence-corrected chi connectivity index (χ0v) is 13.4. The molecule has 8 heteroatoms. The second-order valence-corrected chi connectivity index (χ2v) is 8.79. The molecule has 114 valence electrons. The van der Waals surface area contributed by atoms with Crippen LogP contribution in [0.5, 0.6) is 0 Å². The van der Waals surface area contributed by atoms with E-state index in [9.17, 15) is 16.8 Å². The second kappa shape index (κ2) is 6.11. The molecule has 0 heterocycles. The lowest BCUT2D eigenvalue weighted by Crippen LogP contribution is -2.27. The third kappa shape index (κ3) is 4.46. The van der Waals surface area contributed by atoms with Crippen molar-refractivity contribution in [2.24, 2.45) is 0 Å². The van der Waals surface area contributed by atoms with Crippen molar-refractivity contribution in [3.63, 3.8) is 0 Å². The third-order valence-corrected chi connectivity index (χ3v) is 5.56. The van der Waals surface area contributed by atoms with E-state index < -0.39 is 19.9 Å². The quantitative estimate of drug-likeness (QED) is 0.589. The maximum Gasteiger partial charge on any atom is 0.242 e. The number of hydrogen-bond acceptors (Lipinski definition) is 5. The average Bonchev–Trinajstić information content (AvgIpc) is 2.29. The standard InChI is InChI=1S/C12H20N2O4S2/c1-9-5-6-10(2)12(11(9)13)20(17,18)14-7-4-8-19(3,15)16/h5-6,14H,4,7-8,13H2,1-3H3. The molecule has 0 aromatic heterocycles. The first kappa shape index (κ1) is 16.9. The van der Waals surface area contributed by atoms with Crippen molar-refractivity contribution >= 4 is 25.5 Å². The summed E-state index contributed by atoms with van der Waals surface area (Å²) in [4.78, 5) is 0.0665. The molecular weight excluding hydrogens is 300 g/mol. The summed E-state index contributed by atoms with van der Waals surface area (Å²) in [6.45, 7) is 3.46. The van der Waals surface area contributed by atoms with Crippen LogP contribution in [0.25, 0.3) is 0 Å². The molecule has 0 unspecified atom stereocenters. The Morgan fingerprint density at radius 2 is 1.65 bits per heavy atom. The van der Waals surface area contributed by atoms with Gasteiger partial charge in [0.1, 0.15) is 14.7 Å². The van der Waals surface area contributed by atoms with E-state index in [1.54, 1.807) is 26.0 Å². The van der Waals surface area contributed by atoms with Crippen LogP contribution in [0.4, 0.5) is 5.69 Å². The summed E-state index contributed by atoms with van der Waals surface area (Å²) in [7, 11) is -6.82. The number of rotatable bonds is 6. The van der Waals surface area contributed by atoms with Gasteiger partial charge in [-0.05, 0) is 31.4 Å². The van der Waals surface area contributed by atoms with E-state index in [0.29, 0.717) is 11.1 Å². The molecule has 20 heavy (non-hydrogen) atoms. The van der Waals surface area contributed by atoms with Crippen molar-refractivity contribution in [2.75, 3.05) is 24.3 Å². The molecule has 0 aliphatic rings. The van der Waals surface area contributed by atoms with E-state index in [0.717, 1.165) is 6.26 Å². The monoisotopic (exact) mass is 320 g/mol. The van der Waals surface area contributed by atoms with Crippen molar-refractivity contribution < 1.29 is 16.8 Å². The SMILES string of the molecule is Cc1ccc(C)c(S(=O)(=O)NCCCS(C)(=O)=O)c1N. The number of benzene rings is 1. The van der Waals surface area contributed by atoms with Crippen LogP contribution in [-0.2, 0) is 19.9 Å². The predicted molar refractivity (Wildman–Crippen MR) is 79.8 cm³/mol. The highest BCUT2D eigenvalue weighted by molar-refractivity contribution is 7.90. The predicted octanol–water partition coefficient (Wildman–Crippen LogP) is 0.599. The van der Waals surface area contributed by atoms with Gasteiger partial charge in [0.15, 0.2) is 0 Å². The number of hydrogen-bond donors (Lipinski definition) is 2. The van der Waals surface area contributed by atoms with Crippen molar-refractivity contribution in [2.45, 2.75) is 25.2 Å². The lowest BCUT2D eigenvalue weighted by Gasteiger charge is -2.13. The van der Waals surface area contributed by atoms with Crippen LogP contribution in [0.3, 0.4) is 0 Å². The first-order valence-corrected chi connectivity index (χ1v) is 9.62. The first-order chi connectivity index (χ1) is 9.04. The maximum absolute atomic E-state index is 12.2. The molecule has 0 saturated heterocycles. The van der Waals surface area contributed by atoms with Gasteiger partial charge in [0, 0.05) is 12.8 Å². The van der Waals surface area contributed by atoms with Gasteiger partial charge in [-0.15, -0.1) is 0 Å². The van der Waals surface area contributed by atoms with Crippen LogP contribution in [0, 0.1) is 13.8 Å². The lowest BCUT2D eigenvalue weighted by atomic mass is 10.1. The summed E-state index contributed by atoms with van der Waals surface area (Å²) >= 11 is 0. The maximum atomic E-state index is 12.2. The number of sulfone groups is 1. The van der Waals surface area contributed by atoms with E-state index in [1.807, 2.05) is 0 Å². The van der Waals surface area contributed by atoms with Crippen LogP contribution >= 0.6 is 0 Å². The molecule has 0 amide bonds. The van der Waals surface area contributed by atoms with Crippen molar-refractivity contribution in [3.05, 3.63) is 23.3 Å². The molecule has 0 fully saturated rings. The Morgan fingerprint density at radius 1 is 1.10 bits per heavy atom. The van der Waals surface area contributed by atoms with Gasteiger partial charge in [-0.1, -0.05) is 12.1 Å². The Kier molecular flexibility index (Phi) is 5.17. The molecule has 1 rings (SSSR count). The van der Waals surface area contributed by atoms with Crippen LogP contribution in [-0.4, -0.2) is 35.4 Å². The highest BCUT2D eigenvalue weighted by atomic mass is 32.2. The highest BCUT2D eigenvalue weighted by Gasteiger charge is 2.20. The fraction of sp³-hybridized carbons (Fsp3) is 0.500. The summed E-state index contributed by atoms with van der Waals surface area (Å²) in [6.07, 6.45) is 1.34. The minimum absolute atomic E-state index is 0.0577. The Morgan fingerprint density at radius 3 is 2.20 bits per heavy atom. The molecule has 1 aromatic carbocycles. The second-order valence-electron chi connectivity index (χ2n) is 4.82. The Bertz CT molecular complexity index is 694. The zero-order valence-electron chi connectivity index (χ0n) is 11.8. The summed E-state index contributed by atoms with van der Waals surface area (Å²) < 4.78 is 48.8. The molecule has 0 bridgehead atoms. The average molecular weight is 320 g/mol. The van der Waals surface area contributed by atoms with Crippen LogP contribution in [0.15, 0.2) is 17.0 Å². The van der Waals surface area contributed by atoms with Gasteiger partial charge in [0.05, 0.1) is 11.4 Å². The van der Waals surface area contributed by atoms with Gasteiger partial charge in [0.2, 0.25) is 10.0 Å². The first-order valence-electron chi connectivity index (χ1n) is 6.07. The number of aryl methyl sites for hydroxylation is 2. The molecule has 0 aliphatic carbocycles. The summed E-state index contributed by atoms with van der Waals surface area (Å²) in [5.41, 5.74) is 7.30. The molecule has 0 aliphatic heterocycles. The fourth-order valence-corrected chi connectivity index (χ4v) is 3.95. The third-order valence-electron chi connectivity index (χ3n) is 2.86. The van der Waals surface area contributed by atoms with Crippen LogP contribution in [0.1, 0.15) is 17.5 Å². The Balaban J connectivity index is 2.88. The van der Waals surface area contributed by atoms with Gasteiger partial charge in [-0.25, -0.2) is 21.6 Å². The minimum atomic E-state index is -3.73. The van der Waals surface area contributed by atoms with E-state index in [4.69, 9.17) is 5.73 Å². The van der Waals surface area contributed by atoms with E-state index in [1.165, 1.54) is 0 Å². The molecule has 0 spiro atoms. The Labute approximate surface area is 120 Å². The molecule has 0 radical (unpaired) electrons. The van der Waals surface area contributed by atoms with E-state index in [-0.39, 0.29) is 29.3 Å². The number of sulfonamides is 1. The van der Waals surface area contributed by atoms with Gasteiger partial charge in [-0.3, -0.25) is 0 Å². The van der Waals surface area contributed by atoms with Gasteiger partial charge < -0.3 is 5.73 Å². The van der Waals surface area contributed by atoms with E-state index >= 15 is 0 Å². The zero-order chi connectivity index (χ0) is 15.6. The Hall–Kier alpha value is -1.12. The van der Waals surface area contributed by atoms with Gasteiger partial charge in [-0.2, -0.15) is 0 Å². The van der Waals surface area contributed by atoms with Crippen LogP contribution < -0.4 is 10.5 Å². The minimum Gasteiger partial charge on any atom is -0.397 e. The van der Waals surface area contributed by atoms with E-state index in [2.05, 4.69) is 4.72 Å². The number of nitrogen functional groups attached to an aromatic ring is 1. The molecular formula is C12H20N2O4S2. The summed E-state index contributed by atoms with van der Waals surface area (Å²) in [6, 6.07) is 3.45. The molecule has 0 atom stereocenters. The fourth-order valence-electron chi connectivity index (χ4n) is 1.78. The summed E-state index contributed by atoms with van der Waals surface area (Å²) in [5.74, 6) is -0.0577. The molecule has 6 nitrogen and oxygen atoms in total. The van der Waals surface area contributed by atoms with Crippen LogP contribution in [0.2, 0.25) is 0 Å². The van der Waals surface area contributed by atoms with Gasteiger partial charge >= 0.3 is 0 Å². The van der Waals surface area contributed by atoms with Crippen molar-refractivity contribution in [1.82, 2.24) is 4.72 Å². The number of anilines is 1. The van der Waals surface area contributed by atoms with Crippen molar-refractivity contribution in [1.29, 1.82) is 0 Å². The smallest absolute Gasteiger partial charge is 0.242 e. The summed E-state index contributed by atoms with van der Waals surface area (Å²) in [5, 5.41) is 0. The topological polar surface area (TPSA) is 106 Å². The largest absolute Gasteiger partial charge is 0.397 e. The molecule has 1 aromatic rings. The highest BCUT2D eigenvalue weighted by Crippen LogP contribution is 2.25. The normalized spacial score (nSPS) is 12.6. The van der Waals surface area contributed by atoms with Crippen molar-refractivity contribution in [3.8, 4) is 0 Å². The number of nitrogens with two attached hydrogens (primary N) is 1. The molecule has 0 saturated carbocycles. The molecule has 3 N–H and O–H groups in total. The van der Waals surface area contributed by atoms with Gasteiger partial charge in [0.25, 0.3) is 0 Å².